The van der Waals surface area contributed by atoms with E-state index in [1.807, 2.05) is 12.1 Å². The molecule has 0 aliphatic carbocycles. The zero-order valence-corrected chi connectivity index (χ0v) is 15.7. The van der Waals surface area contributed by atoms with E-state index in [0.29, 0.717) is 17.0 Å². The number of fused-ring (bicyclic) bond motifs is 2. The first-order valence-corrected chi connectivity index (χ1v) is 9.10. The van der Waals surface area contributed by atoms with Crippen molar-refractivity contribution in [3.05, 3.63) is 66.4 Å². The van der Waals surface area contributed by atoms with E-state index in [0.717, 1.165) is 5.39 Å². The molecule has 4 rings (SSSR count). The number of rotatable bonds is 4. The fraction of sp³-hybridized carbons (Fsp3) is 0.143. The number of carbonyl (C=O) groups excluding carboxylic acids is 3. The third-order valence-electron chi connectivity index (χ3n) is 4.27. The van der Waals surface area contributed by atoms with Gasteiger partial charge in [0.05, 0.1) is 5.52 Å². The lowest BCUT2D eigenvalue weighted by molar-refractivity contribution is -0.135. The van der Waals surface area contributed by atoms with Gasteiger partial charge in [-0.1, -0.05) is 36.4 Å². The van der Waals surface area contributed by atoms with Gasteiger partial charge < -0.3 is 14.2 Å². The molecule has 0 saturated heterocycles. The van der Waals surface area contributed by atoms with Gasteiger partial charge in [0.2, 0.25) is 6.10 Å². The second-order valence-corrected chi connectivity index (χ2v) is 6.37. The second kappa shape index (κ2) is 8.48. The number of ether oxygens (including phenoxy) is 3. The SMILES string of the molecule is O=C(COC(=O)c1ccc2ccccc2n1)NNC(=O)[C@@H]1COc2ccccc2O1. The van der Waals surface area contributed by atoms with Crippen LogP contribution in [-0.2, 0) is 14.3 Å². The highest BCUT2D eigenvalue weighted by Crippen LogP contribution is 2.30. The van der Waals surface area contributed by atoms with Crippen LogP contribution in [0.4, 0.5) is 0 Å². The molecule has 0 unspecified atom stereocenters. The number of nitrogens with one attached hydrogen (secondary N) is 2. The molecule has 2 heterocycles. The summed E-state index contributed by atoms with van der Waals surface area (Å²) in [6.07, 6.45) is -0.926. The summed E-state index contributed by atoms with van der Waals surface area (Å²) < 4.78 is 15.9. The van der Waals surface area contributed by atoms with E-state index in [1.165, 1.54) is 6.07 Å². The molecule has 1 aliphatic heterocycles. The standard InChI is InChI=1S/C21H17N3O6/c25-19(12-29-21(27)15-10-9-13-5-1-2-6-14(13)22-15)23-24-20(26)18-11-28-16-7-3-4-8-17(16)30-18/h1-10,18H,11-12H2,(H,23,25)(H,24,26)/t18-/m0/s1. The number of hydrazine groups is 1. The molecular weight excluding hydrogens is 390 g/mol. The predicted octanol–water partition coefficient (Wildman–Crippen LogP) is 1.38. The normalized spacial score (nSPS) is 14.6. The van der Waals surface area contributed by atoms with Gasteiger partial charge in [-0.2, -0.15) is 0 Å². The van der Waals surface area contributed by atoms with Crippen molar-refractivity contribution in [2.75, 3.05) is 13.2 Å². The Bertz CT molecular complexity index is 1120. The molecule has 30 heavy (non-hydrogen) atoms. The molecule has 3 aromatic rings. The predicted molar refractivity (Wildman–Crippen MR) is 105 cm³/mol. The lowest BCUT2D eigenvalue weighted by Crippen LogP contribution is -2.51. The minimum Gasteiger partial charge on any atom is -0.485 e. The van der Waals surface area contributed by atoms with E-state index in [2.05, 4.69) is 15.8 Å². The van der Waals surface area contributed by atoms with Crippen molar-refractivity contribution in [3.63, 3.8) is 0 Å². The molecule has 1 atom stereocenters. The highest BCUT2D eigenvalue weighted by Gasteiger charge is 2.27. The van der Waals surface area contributed by atoms with Crippen LogP contribution in [0.2, 0.25) is 0 Å². The smallest absolute Gasteiger partial charge is 0.357 e. The summed E-state index contributed by atoms with van der Waals surface area (Å²) in [5.41, 5.74) is 5.11. The van der Waals surface area contributed by atoms with Crippen LogP contribution in [0.15, 0.2) is 60.7 Å². The van der Waals surface area contributed by atoms with Gasteiger partial charge in [-0.15, -0.1) is 0 Å². The summed E-state index contributed by atoms with van der Waals surface area (Å²) in [6.45, 7) is -0.584. The molecule has 2 amide bonds. The Hall–Kier alpha value is -4.14. The summed E-state index contributed by atoms with van der Waals surface area (Å²) in [6, 6.07) is 17.5. The average Bonchev–Trinajstić information content (AvgIpc) is 2.80. The van der Waals surface area contributed by atoms with E-state index >= 15 is 0 Å². The van der Waals surface area contributed by atoms with Crippen molar-refractivity contribution in [1.29, 1.82) is 0 Å². The highest BCUT2D eigenvalue weighted by molar-refractivity contribution is 5.92. The van der Waals surface area contributed by atoms with Crippen molar-refractivity contribution < 1.29 is 28.6 Å². The van der Waals surface area contributed by atoms with E-state index < -0.39 is 30.5 Å². The number of aromatic nitrogens is 1. The van der Waals surface area contributed by atoms with Crippen molar-refractivity contribution in [2.24, 2.45) is 0 Å². The van der Waals surface area contributed by atoms with Crippen LogP contribution in [0.25, 0.3) is 10.9 Å². The third kappa shape index (κ3) is 4.30. The first-order valence-electron chi connectivity index (χ1n) is 9.10. The minimum absolute atomic E-state index is 0.00133. The fourth-order valence-corrected chi connectivity index (χ4v) is 2.78. The van der Waals surface area contributed by atoms with Crippen molar-refractivity contribution in [2.45, 2.75) is 6.10 Å². The maximum Gasteiger partial charge on any atom is 0.357 e. The molecule has 1 aliphatic rings. The quantitative estimate of drug-likeness (QED) is 0.496. The number of amides is 2. The fourth-order valence-electron chi connectivity index (χ4n) is 2.78. The Morgan fingerprint density at radius 2 is 1.73 bits per heavy atom. The van der Waals surface area contributed by atoms with Crippen molar-refractivity contribution >= 4 is 28.7 Å². The van der Waals surface area contributed by atoms with E-state index in [9.17, 15) is 14.4 Å². The van der Waals surface area contributed by atoms with Crippen molar-refractivity contribution in [3.8, 4) is 11.5 Å². The van der Waals surface area contributed by atoms with Crippen LogP contribution in [0, 0.1) is 0 Å². The molecule has 0 radical (unpaired) electrons. The molecule has 0 fully saturated rings. The maximum absolute atomic E-state index is 12.1. The number of esters is 1. The lowest BCUT2D eigenvalue weighted by Gasteiger charge is -2.25. The summed E-state index contributed by atoms with van der Waals surface area (Å²) in [4.78, 5) is 40.3. The van der Waals surface area contributed by atoms with Crippen LogP contribution in [0.1, 0.15) is 10.5 Å². The Balaban J connectivity index is 1.24. The van der Waals surface area contributed by atoms with Gasteiger partial charge in [-0.3, -0.25) is 20.4 Å². The van der Waals surface area contributed by atoms with Gasteiger partial charge in [-0.25, -0.2) is 9.78 Å². The number of pyridine rings is 1. The van der Waals surface area contributed by atoms with Crippen LogP contribution in [0.3, 0.4) is 0 Å². The van der Waals surface area contributed by atoms with Gasteiger partial charge in [0, 0.05) is 5.39 Å². The Kier molecular flexibility index (Phi) is 5.42. The second-order valence-electron chi connectivity index (χ2n) is 6.37. The number of para-hydroxylation sites is 3. The molecule has 2 aromatic carbocycles. The number of benzene rings is 2. The summed E-state index contributed by atoms with van der Waals surface area (Å²) in [5, 5.41) is 0.881. The Labute approximate surface area is 170 Å². The minimum atomic E-state index is -0.926. The van der Waals surface area contributed by atoms with Gasteiger partial charge in [0.1, 0.15) is 12.3 Å². The summed E-state index contributed by atoms with van der Waals surface area (Å²) in [5.74, 6) is -1.08. The first kappa shape index (κ1) is 19.2. The lowest BCUT2D eigenvalue weighted by atomic mass is 10.2. The van der Waals surface area contributed by atoms with Crippen LogP contribution >= 0.6 is 0 Å². The maximum atomic E-state index is 12.1. The average molecular weight is 407 g/mol. The molecule has 0 spiro atoms. The molecule has 152 valence electrons. The Morgan fingerprint density at radius 3 is 2.60 bits per heavy atom. The van der Waals surface area contributed by atoms with Crippen LogP contribution < -0.4 is 20.3 Å². The third-order valence-corrected chi connectivity index (χ3v) is 4.27. The molecule has 0 bridgehead atoms. The van der Waals surface area contributed by atoms with E-state index in [-0.39, 0.29) is 12.3 Å². The zero-order chi connectivity index (χ0) is 20.9. The van der Waals surface area contributed by atoms with E-state index in [4.69, 9.17) is 14.2 Å². The molecule has 2 N–H and O–H groups in total. The van der Waals surface area contributed by atoms with Crippen molar-refractivity contribution in [1.82, 2.24) is 15.8 Å². The number of hydrogen-bond donors (Lipinski definition) is 2. The molecular formula is C21H17N3O6. The number of hydrogen-bond acceptors (Lipinski definition) is 7. The largest absolute Gasteiger partial charge is 0.485 e. The van der Waals surface area contributed by atoms with Crippen LogP contribution in [0.5, 0.6) is 11.5 Å². The number of carbonyl (C=O) groups is 3. The monoisotopic (exact) mass is 407 g/mol. The van der Waals surface area contributed by atoms with Gasteiger partial charge in [0.25, 0.3) is 11.8 Å². The molecule has 9 heteroatoms. The summed E-state index contributed by atoms with van der Waals surface area (Å²) in [7, 11) is 0. The molecule has 9 nitrogen and oxygen atoms in total. The van der Waals surface area contributed by atoms with E-state index in [1.54, 1.807) is 42.5 Å². The summed E-state index contributed by atoms with van der Waals surface area (Å²) >= 11 is 0. The Morgan fingerprint density at radius 1 is 0.967 bits per heavy atom. The molecule has 1 aromatic heterocycles. The van der Waals surface area contributed by atoms with Gasteiger partial charge in [0.15, 0.2) is 18.1 Å². The topological polar surface area (TPSA) is 116 Å². The highest BCUT2D eigenvalue weighted by atomic mass is 16.6. The molecule has 0 saturated carbocycles. The first-order chi connectivity index (χ1) is 14.6. The zero-order valence-electron chi connectivity index (χ0n) is 15.7. The van der Waals surface area contributed by atoms with Gasteiger partial charge in [-0.05, 0) is 24.3 Å². The van der Waals surface area contributed by atoms with Gasteiger partial charge >= 0.3 is 5.97 Å². The van der Waals surface area contributed by atoms with Crippen LogP contribution in [-0.4, -0.2) is 42.1 Å². The number of nitrogens with zero attached hydrogens (tertiary/aromatic N) is 1.